The molecule has 0 radical (unpaired) electrons. The Morgan fingerprint density at radius 1 is 0.800 bits per heavy atom. The van der Waals surface area contributed by atoms with Crippen LogP contribution in [0.25, 0.3) is 0 Å². The number of alkyl halides is 7. The molecule has 3 N–H and O–H groups in total. The Bertz CT molecular complexity index is 170. The van der Waals surface area contributed by atoms with Gasteiger partial charge in [0.05, 0.1) is 0 Å². The van der Waals surface area contributed by atoms with Gasteiger partial charge in [0.1, 0.15) is 0 Å². The van der Waals surface area contributed by atoms with Gasteiger partial charge in [0.25, 0.3) is 0 Å². The fourth-order valence-corrected chi connectivity index (χ4v) is 0.692. The quantitative estimate of drug-likeness (QED) is 0.460. The second-order valence-corrected chi connectivity index (χ2v) is 4.27. The van der Waals surface area contributed by atoms with Crippen LogP contribution in [-0.4, -0.2) is 83.5 Å². The van der Waals surface area contributed by atoms with Crippen molar-refractivity contribution in [2.75, 3.05) is 0 Å². The summed E-state index contributed by atoms with van der Waals surface area (Å²) in [6.07, 6.45) is -6.16. The predicted octanol–water partition coefficient (Wildman–Crippen LogP) is -0.107. The summed E-state index contributed by atoms with van der Waals surface area (Å²) in [6, 6.07) is 0. The van der Waals surface area contributed by atoms with E-state index in [-0.39, 0.29) is 0 Å². The summed E-state index contributed by atoms with van der Waals surface area (Å²) in [7, 11) is -2.17. The van der Waals surface area contributed by atoms with Crippen molar-refractivity contribution in [3.63, 3.8) is 0 Å². The molecule has 0 aromatic rings. The van der Waals surface area contributed by atoms with E-state index in [9.17, 15) is 30.7 Å². The van der Waals surface area contributed by atoms with E-state index in [1.54, 1.807) is 0 Å². The van der Waals surface area contributed by atoms with Gasteiger partial charge in [-0.2, -0.15) is 0 Å². The second-order valence-electron chi connectivity index (χ2n) is 2.31. The number of halogens is 7. The minimum Gasteiger partial charge on any atom is -0.402 e. The van der Waals surface area contributed by atoms with Gasteiger partial charge in [-0.15, -0.1) is 0 Å². The van der Waals surface area contributed by atoms with Crippen molar-refractivity contribution in [1.82, 2.24) is 0 Å². The second kappa shape index (κ2) is 6.14. The van der Waals surface area contributed by atoms with Gasteiger partial charge >= 0.3 is 99.1 Å². The minimum atomic E-state index is -6.16. The van der Waals surface area contributed by atoms with Crippen LogP contribution in [0.2, 0.25) is 0 Å². The minimum absolute atomic E-state index is 1.90. The Labute approximate surface area is 113 Å². The largest absolute Gasteiger partial charge is 0.631 e. The van der Waals surface area contributed by atoms with Crippen LogP contribution in [0.3, 0.4) is 0 Å². The molecule has 0 saturated carbocycles. The number of hydrogen-bond donors (Lipinski definition) is 3. The van der Waals surface area contributed by atoms with Crippen molar-refractivity contribution in [3.8, 4) is 0 Å². The van der Waals surface area contributed by atoms with Gasteiger partial charge in [-0.1, -0.05) is 0 Å². The molecule has 0 spiro atoms. The van der Waals surface area contributed by atoms with Crippen LogP contribution in [0.4, 0.5) is 30.7 Å². The number of hydrogen-bond acceptors (Lipinski definition) is 3. The summed E-state index contributed by atoms with van der Waals surface area (Å²) in [5.41, 5.74) is 0. The van der Waals surface area contributed by atoms with Crippen molar-refractivity contribution >= 4 is 56.3 Å². The smallest absolute Gasteiger partial charge is 0.402 e. The molecule has 0 saturated heterocycles. The Hall–Kier alpha value is 1.09. The fourth-order valence-electron chi connectivity index (χ4n) is 0.249. The third-order valence-corrected chi connectivity index (χ3v) is 1.89. The molecular weight excluding hydrogens is 267 g/mol. The first kappa shape index (κ1) is 18.5. The van der Waals surface area contributed by atoms with E-state index >= 15 is 0 Å². The summed E-state index contributed by atoms with van der Waals surface area (Å²) in [5.74, 6) is -5.88. The van der Waals surface area contributed by atoms with Crippen LogP contribution in [0.15, 0.2) is 0 Å². The molecule has 0 unspecified atom stereocenters. The maximum absolute atomic E-state index is 11.6. The molecule has 0 aromatic heterocycles. The van der Waals surface area contributed by atoms with Crippen LogP contribution in [0.1, 0.15) is 0 Å². The summed E-state index contributed by atoms with van der Waals surface area (Å²) in [5, 5.41) is 21.5. The van der Waals surface area contributed by atoms with E-state index in [0.717, 1.165) is 0 Å². The van der Waals surface area contributed by atoms with E-state index in [0.29, 0.717) is 0 Å². The van der Waals surface area contributed by atoms with Crippen LogP contribution in [0.5, 0.6) is 0 Å². The Morgan fingerprint density at radius 3 is 1.00 bits per heavy atom. The summed E-state index contributed by atoms with van der Waals surface area (Å²) < 4.78 is 74.9. The zero-order valence-corrected chi connectivity index (χ0v) is 10.2. The zero-order valence-electron chi connectivity index (χ0n) is 7.06. The monoisotopic (exact) mass is 270 g/mol. The average molecular weight is 270 g/mol. The molecule has 0 fully saturated rings. The molecule has 0 amide bonds. The first-order chi connectivity index (χ1) is 6.23. The first-order valence-electron chi connectivity index (χ1n) is 3.10. The van der Waals surface area contributed by atoms with E-state index in [4.69, 9.17) is 15.1 Å². The third-order valence-electron chi connectivity index (χ3n) is 0.907. The standard InChI is InChI=1S/C3F7.BH3O3.K/c4-1(5)2(6,7)3(8,9)10;2-1(3)4;/h;2-4H;. The van der Waals surface area contributed by atoms with Crippen molar-refractivity contribution in [2.24, 2.45) is 0 Å². The van der Waals surface area contributed by atoms with Crippen LogP contribution < -0.4 is 0 Å². The maximum atomic E-state index is 11.6. The molecule has 0 aromatic carbocycles. The van der Waals surface area contributed by atoms with E-state index in [1.165, 1.54) is 0 Å². The first-order valence-corrected chi connectivity index (χ1v) is 4.66. The van der Waals surface area contributed by atoms with Crippen LogP contribution >= 0.6 is 0 Å². The Balaban J connectivity index is 0. The summed E-state index contributed by atoms with van der Waals surface area (Å²) in [6.45, 7) is 0. The zero-order chi connectivity index (χ0) is 13.1. The molecule has 0 rings (SSSR count). The fraction of sp³-hybridized carbons (Fsp3) is 1.00. The molecule has 0 bridgehead atoms. The molecule has 0 aliphatic heterocycles. The van der Waals surface area contributed by atoms with E-state index in [2.05, 4.69) is 0 Å². The van der Waals surface area contributed by atoms with Gasteiger partial charge in [0, 0.05) is 0 Å². The molecular formula is C3H3BF7KO3. The van der Waals surface area contributed by atoms with Crippen molar-refractivity contribution in [1.29, 1.82) is 0 Å². The SMILES string of the molecule is FC(F)(F)C(F)(F)[C](F)(F)[K].OB(O)O. The molecule has 15 heavy (non-hydrogen) atoms. The summed E-state index contributed by atoms with van der Waals surface area (Å²) >= 11 is -1.90. The Morgan fingerprint density at radius 2 is 1.00 bits per heavy atom. The summed E-state index contributed by atoms with van der Waals surface area (Å²) in [4.78, 5) is 0. The van der Waals surface area contributed by atoms with Gasteiger partial charge < -0.3 is 15.1 Å². The van der Waals surface area contributed by atoms with Gasteiger partial charge in [0.2, 0.25) is 0 Å². The van der Waals surface area contributed by atoms with Gasteiger partial charge in [-0.25, -0.2) is 0 Å². The predicted molar refractivity (Wildman–Crippen MR) is 34.1 cm³/mol. The molecule has 0 aliphatic carbocycles. The third kappa shape index (κ3) is 7.10. The topological polar surface area (TPSA) is 60.7 Å². The van der Waals surface area contributed by atoms with Gasteiger partial charge in [0.15, 0.2) is 0 Å². The molecule has 3 nitrogen and oxygen atoms in total. The van der Waals surface area contributed by atoms with Crippen LogP contribution in [0, 0.1) is 0 Å². The maximum Gasteiger partial charge on any atom is 0.631 e. The van der Waals surface area contributed by atoms with Crippen molar-refractivity contribution in [3.05, 3.63) is 0 Å². The van der Waals surface area contributed by atoms with E-state index < -0.39 is 68.4 Å². The molecule has 0 aliphatic rings. The van der Waals surface area contributed by atoms with Crippen LogP contribution in [-0.2, 0) is 0 Å². The molecule has 86 valence electrons. The van der Waals surface area contributed by atoms with Crippen molar-refractivity contribution in [2.45, 2.75) is 12.1 Å². The molecule has 0 heterocycles. The normalized spacial score (nSPS) is 13.1. The molecule has 0 atom stereocenters. The van der Waals surface area contributed by atoms with Gasteiger partial charge in [-0.05, 0) is 0 Å². The number of rotatable bonds is 1. The molecule has 12 heteroatoms. The Kier molecular flexibility index (Phi) is 7.56. The van der Waals surface area contributed by atoms with Gasteiger partial charge in [-0.3, -0.25) is 0 Å². The van der Waals surface area contributed by atoms with Crippen molar-refractivity contribution < 1.29 is 45.8 Å². The van der Waals surface area contributed by atoms with E-state index in [1.807, 2.05) is 0 Å². The average Bonchev–Trinajstić information content (AvgIpc) is 1.79.